The van der Waals surface area contributed by atoms with Crippen molar-refractivity contribution >= 4 is 0 Å². The second-order valence-corrected chi connectivity index (χ2v) is 5.86. The zero-order valence-corrected chi connectivity index (χ0v) is 12.8. The molecule has 1 aromatic heterocycles. The van der Waals surface area contributed by atoms with Crippen LogP contribution in [0.5, 0.6) is 0 Å². The van der Waals surface area contributed by atoms with Gasteiger partial charge in [0, 0.05) is 18.6 Å². The molecule has 1 N–H and O–H groups in total. The fourth-order valence-corrected chi connectivity index (χ4v) is 3.07. The zero-order valence-electron chi connectivity index (χ0n) is 12.8. The van der Waals surface area contributed by atoms with Crippen LogP contribution in [0.2, 0.25) is 0 Å². The molecule has 3 heteroatoms. The van der Waals surface area contributed by atoms with Gasteiger partial charge in [0.05, 0.1) is 6.04 Å². The van der Waals surface area contributed by atoms with Crippen molar-refractivity contribution in [1.82, 2.24) is 10.2 Å². The first-order chi connectivity index (χ1) is 9.10. The van der Waals surface area contributed by atoms with Crippen LogP contribution >= 0.6 is 0 Å². The first-order valence-corrected chi connectivity index (χ1v) is 7.65. The van der Waals surface area contributed by atoms with Crippen molar-refractivity contribution in [2.45, 2.75) is 58.5 Å². The molecule has 108 valence electrons. The molecule has 19 heavy (non-hydrogen) atoms. The molecule has 1 fully saturated rings. The number of furan rings is 1. The van der Waals surface area contributed by atoms with Gasteiger partial charge < -0.3 is 9.73 Å². The molecule has 1 unspecified atom stereocenters. The molecule has 0 radical (unpaired) electrons. The summed E-state index contributed by atoms with van der Waals surface area (Å²) < 4.78 is 5.81. The lowest BCUT2D eigenvalue weighted by Crippen LogP contribution is -2.51. The van der Waals surface area contributed by atoms with Crippen molar-refractivity contribution in [3.63, 3.8) is 0 Å². The number of rotatable bonds is 4. The summed E-state index contributed by atoms with van der Waals surface area (Å²) in [5, 5.41) is 3.76. The fourth-order valence-electron chi connectivity index (χ4n) is 3.07. The summed E-state index contributed by atoms with van der Waals surface area (Å²) in [6.45, 7) is 12.3. The molecule has 1 aliphatic heterocycles. The summed E-state index contributed by atoms with van der Waals surface area (Å²) >= 11 is 0. The lowest BCUT2D eigenvalue weighted by Gasteiger charge is -2.37. The van der Waals surface area contributed by atoms with Crippen LogP contribution in [0.15, 0.2) is 16.5 Å². The predicted octanol–water partition coefficient (Wildman–Crippen LogP) is 3.50. The van der Waals surface area contributed by atoms with Crippen LogP contribution in [-0.2, 0) is 0 Å². The lowest BCUT2D eigenvalue weighted by atomic mass is 9.92. The Kier molecular flexibility index (Phi) is 4.69. The molecule has 1 atom stereocenters. The van der Waals surface area contributed by atoms with Crippen molar-refractivity contribution in [3.8, 4) is 0 Å². The van der Waals surface area contributed by atoms with Crippen molar-refractivity contribution in [2.24, 2.45) is 0 Å². The summed E-state index contributed by atoms with van der Waals surface area (Å²) in [5.41, 5.74) is 0.270. The number of nitrogens with one attached hydrogen (secondary N) is 1. The first kappa shape index (κ1) is 14.6. The van der Waals surface area contributed by atoms with E-state index in [1.54, 1.807) is 0 Å². The second kappa shape index (κ2) is 6.10. The molecular weight excluding hydrogens is 236 g/mol. The van der Waals surface area contributed by atoms with E-state index in [9.17, 15) is 0 Å². The van der Waals surface area contributed by atoms with Gasteiger partial charge in [0.25, 0.3) is 0 Å². The molecule has 1 aromatic rings. The zero-order chi connectivity index (χ0) is 13.9. The maximum atomic E-state index is 5.81. The van der Waals surface area contributed by atoms with E-state index in [0.29, 0.717) is 6.04 Å². The summed E-state index contributed by atoms with van der Waals surface area (Å²) in [7, 11) is 0. The molecule has 0 saturated carbocycles. The Bertz CT molecular complexity index is 395. The third kappa shape index (κ3) is 3.21. The number of hydrogen-bond donors (Lipinski definition) is 1. The van der Waals surface area contributed by atoms with E-state index in [0.717, 1.165) is 31.2 Å². The quantitative estimate of drug-likeness (QED) is 0.902. The normalized spacial score (nSPS) is 22.1. The maximum Gasteiger partial charge on any atom is 0.121 e. The standard InChI is InChI=1S/C16H28N2O/c1-5-16(6-2)12-18(11-7-10-17-16)14(4)15-9-8-13(3)19-15/h8-9,14,17H,5-7,10-12H2,1-4H3. The van der Waals surface area contributed by atoms with E-state index >= 15 is 0 Å². The highest BCUT2D eigenvalue weighted by Gasteiger charge is 2.32. The molecule has 0 bridgehead atoms. The van der Waals surface area contributed by atoms with Crippen LogP contribution in [-0.4, -0.2) is 30.1 Å². The number of aryl methyl sites for hydroxylation is 1. The van der Waals surface area contributed by atoms with Gasteiger partial charge in [0.1, 0.15) is 11.5 Å². The van der Waals surface area contributed by atoms with Crippen LogP contribution in [0, 0.1) is 6.92 Å². The van der Waals surface area contributed by atoms with Crippen LogP contribution in [0.4, 0.5) is 0 Å². The topological polar surface area (TPSA) is 28.4 Å². The lowest BCUT2D eigenvalue weighted by molar-refractivity contribution is 0.142. The third-order valence-electron chi connectivity index (χ3n) is 4.70. The molecule has 2 rings (SSSR count). The second-order valence-electron chi connectivity index (χ2n) is 5.86. The van der Waals surface area contributed by atoms with Crippen LogP contribution in [0.3, 0.4) is 0 Å². The summed E-state index contributed by atoms with van der Waals surface area (Å²) in [6.07, 6.45) is 3.58. The molecule has 0 aliphatic carbocycles. The smallest absolute Gasteiger partial charge is 0.121 e. The van der Waals surface area contributed by atoms with Crippen molar-refractivity contribution < 1.29 is 4.42 Å². The molecule has 0 spiro atoms. The van der Waals surface area contributed by atoms with Gasteiger partial charge in [0.2, 0.25) is 0 Å². The average molecular weight is 264 g/mol. The molecule has 0 aromatic carbocycles. The Balaban J connectivity index is 2.13. The van der Waals surface area contributed by atoms with E-state index < -0.39 is 0 Å². The van der Waals surface area contributed by atoms with E-state index in [2.05, 4.69) is 43.1 Å². The Morgan fingerprint density at radius 3 is 2.68 bits per heavy atom. The largest absolute Gasteiger partial charge is 0.465 e. The van der Waals surface area contributed by atoms with Gasteiger partial charge in [-0.2, -0.15) is 0 Å². The molecule has 0 amide bonds. The summed E-state index contributed by atoms with van der Waals surface area (Å²) in [5.74, 6) is 2.10. The molecule has 1 aliphatic rings. The van der Waals surface area contributed by atoms with E-state index in [1.165, 1.54) is 19.3 Å². The molecule has 2 heterocycles. The van der Waals surface area contributed by atoms with Crippen molar-refractivity contribution in [2.75, 3.05) is 19.6 Å². The SMILES string of the molecule is CCC1(CC)CN(C(C)c2ccc(C)o2)CCCN1. The van der Waals surface area contributed by atoms with Crippen molar-refractivity contribution in [3.05, 3.63) is 23.7 Å². The molecule has 3 nitrogen and oxygen atoms in total. The van der Waals surface area contributed by atoms with Crippen molar-refractivity contribution in [1.29, 1.82) is 0 Å². The highest BCUT2D eigenvalue weighted by atomic mass is 16.3. The van der Waals surface area contributed by atoms with Gasteiger partial charge in [0.15, 0.2) is 0 Å². The average Bonchev–Trinajstić information content (AvgIpc) is 2.75. The van der Waals surface area contributed by atoms with Gasteiger partial charge in [-0.1, -0.05) is 13.8 Å². The van der Waals surface area contributed by atoms with Crippen LogP contribution < -0.4 is 5.32 Å². The molecule has 1 saturated heterocycles. The summed E-state index contributed by atoms with van der Waals surface area (Å²) in [6, 6.07) is 4.55. The van der Waals surface area contributed by atoms with Crippen LogP contribution in [0.1, 0.15) is 57.6 Å². The monoisotopic (exact) mass is 264 g/mol. The maximum absolute atomic E-state index is 5.81. The molecular formula is C16H28N2O. The van der Waals surface area contributed by atoms with Gasteiger partial charge >= 0.3 is 0 Å². The van der Waals surface area contributed by atoms with Gasteiger partial charge in [-0.25, -0.2) is 0 Å². The Morgan fingerprint density at radius 2 is 2.11 bits per heavy atom. The van der Waals surface area contributed by atoms with E-state index in [1.807, 2.05) is 6.92 Å². The third-order valence-corrected chi connectivity index (χ3v) is 4.70. The van der Waals surface area contributed by atoms with Crippen LogP contribution in [0.25, 0.3) is 0 Å². The van der Waals surface area contributed by atoms with E-state index in [4.69, 9.17) is 4.42 Å². The fraction of sp³-hybridized carbons (Fsp3) is 0.750. The summed E-state index contributed by atoms with van der Waals surface area (Å²) in [4.78, 5) is 2.57. The highest BCUT2D eigenvalue weighted by molar-refractivity contribution is 5.10. The Morgan fingerprint density at radius 1 is 1.37 bits per heavy atom. The minimum absolute atomic E-state index is 0.270. The highest BCUT2D eigenvalue weighted by Crippen LogP contribution is 2.28. The number of hydrogen-bond acceptors (Lipinski definition) is 3. The Labute approximate surface area is 117 Å². The van der Waals surface area contributed by atoms with Gasteiger partial charge in [-0.3, -0.25) is 4.90 Å². The predicted molar refractivity (Wildman–Crippen MR) is 79.4 cm³/mol. The minimum Gasteiger partial charge on any atom is -0.465 e. The van der Waals surface area contributed by atoms with Gasteiger partial charge in [-0.05, 0) is 51.8 Å². The van der Waals surface area contributed by atoms with Gasteiger partial charge in [-0.15, -0.1) is 0 Å². The first-order valence-electron chi connectivity index (χ1n) is 7.65. The Hall–Kier alpha value is -0.800. The minimum atomic E-state index is 0.270. The van der Waals surface area contributed by atoms with E-state index in [-0.39, 0.29) is 5.54 Å². The number of nitrogens with zero attached hydrogens (tertiary/aromatic N) is 1.